The maximum Gasteiger partial charge on any atom is 0.264 e. The fraction of sp³-hybridized carbons (Fsp3) is 0.515. The molecule has 0 saturated carbocycles. The molecule has 1 unspecified atom stereocenters. The highest BCUT2D eigenvalue weighted by Gasteiger charge is 2.18. The molecule has 1 atom stereocenters. The van der Waals surface area contributed by atoms with Gasteiger partial charge in [0.05, 0.1) is 55.7 Å². The molecule has 2 aromatic heterocycles. The van der Waals surface area contributed by atoms with Crippen molar-refractivity contribution in [2.24, 2.45) is 0 Å². The van der Waals surface area contributed by atoms with E-state index in [1.165, 1.54) is 37.7 Å². The number of hydrogen-bond donors (Lipinski definition) is 0. The molecule has 0 amide bonds. The van der Waals surface area contributed by atoms with Gasteiger partial charge in [-0.05, 0) is 49.9 Å². The standard InChI is InChI=1S/C33H45N3O5S/c1-3-39-25-28(36-26-35-32-24-34-31-16-12-11-15-30(31)33(32)36)23-27-17-19-29(20-18-27)40-21-13-9-7-5-4-6-8-10-14-22-41-42(2,37)38/h11-12,15-20,24,26,28H,3-10,13-14,21-23,25H2,1-2H3. The van der Waals surface area contributed by atoms with Gasteiger partial charge in [-0.2, -0.15) is 8.42 Å². The first-order chi connectivity index (χ1) is 20.4. The second kappa shape index (κ2) is 16.6. The largest absolute Gasteiger partial charge is 0.494 e. The predicted octanol–water partition coefficient (Wildman–Crippen LogP) is 7.27. The van der Waals surface area contributed by atoms with Crippen molar-refractivity contribution in [2.75, 3.05) is 32.7 Å². The number of para-hydroxylation sites is 1. The van der Waals surface area contributed by atoms with E-state index in [1.807, 2.05) is 37.6 Å². The van der Waals surface area contributed by atoms with Gasteiger partial charge in [0.2, 0.25) is 0 Å². The van der Waals surface area contributed by atoms with Crippen LogP contribution >= 0.6 is 0 Å². The van der Waals surface area contributed by atoms with Gasteiger partial charge >= 0.3 is 0 Å². The highest BCUT2D eigenvalue weighted by molar-refractivity contribution is 7.85. The van der Waals surface area contributed by atoms with E-state index in [2.05, 4.69) is 44.9 Å². The van der Waals surface area contributed by atoms with Gasteiger partial charge in [-0.1, -0.05) is 75.3 Å². The number of pyridine rings is 1. The number of rotatable bonds is 20. The Morgan fingerprint density at radius 3 is 2.17 bits per heavy atom. The first-order valence-electron chi connectivity index (χ1n) is 15.3. The predicted molar refractivity (Wildman–Crippen MR) is 169 cm³/mol. The molecule has 0 aliphatic carbocycles. The summed E-state index contributed by atoms with van der Waals surface area (Å²) in [6, 6.07) is 16.8. The van der Waals surface area contributed by atoms with Crippen LogP contribution < -0.4 is 4.74 Å². The van der Waals surface area contributed by atoms with Gasteiger partial charge in [0.1, 0.15) is 11.3 Å². The summed E-state index contributed by atoms with van der Waals surface area (Å²) < 4.78 is 40.8. The van der Waals surface area contributed by atoms with Crippen molar-refractivity contribution in [1.82, 2.24) is 14.5 Å². The Hall–Kier alpha value is -3.01. The molecule has 8 nitrogen and oxygen atoms in total. The number of imidazole rings is 1. The lowest BCUT2D eigenvalue weighted by molar-refractivity contribution is 0.114. The second-order valence-electron chi connectivity index (χ2n) is 10.9. The highest BCUT2D eigenvalue weighted by Crippen LogP contribution is 2.28. The normalized spacial score (nSPS) is 12.7. The van der Waals surface area contributed by atoms with Crippen LogP contribution in [0.25, 0.3) is 21.9 Å². The number of nitrogens with zero attached hydrogens (tertiary/aromatic N) is 3. The number of aromatic nitrogens is 3. The van der Waals surface area contributed by atoms with Crippen molar-refractivity contribution < 1.29 is 22.1 Å². The van der Waals surface area contributed by atoms with Crippen molar-refractivity contribution in [3.63, 3.8) is 0 Å². The van der Waals surface area contributed by atoms with Crippen molar-refractivity contribution in [1.29, 1.82) is 0 Å². The van der Waals surface area contributed by atoms with Gasteiger partial charge in [0, 0.05) is 12.0 Å². The lowest BCUT2D eigenvalue weighted by atomic mass is 10.1. The molecule has 9 heteroatoms. The van der Waals surface area contributed by atoms with E-state index in [1.54, 1.807) is 0 Å². The summed E-state index contributed by atoms with van der Waals surface area (Å²) in [4.78, 5) is 9.22. The van der Waals surface area contributed by atoms with E-state index >= 15 is 0 Å². The zero-order valence-corrected chi connectivity index (χ0v) is 25.9. The lowest BCUT2D eigenvalue weighted by Gasteiger charge is -2.20. The van der Waals surface area contributed by atoms with Gasteiger partial charge in [-0.25, -0.2) is 4.98 Å². The Bertz CT molecular complexity index is 1470. The molecule has 2 heterocycles. The minimum atomic E-state index is -3.30. The summed E-state index contributed by atoms with van der Waals surface area (Å²) in [6.07, 6.45) is 15.7. The minimum Gasteiger partial charge on any atom is -0.494 e. The van der Waals surface area contributed by atoms with E-state index in [0.717, 1.165) is 72.7 Å². The van der Waals surface area contributed by atoms with Crippen LogP contribution in [-0.2, 0) is 25.5 Å². The van der Waals surface area contributed by atoms with Gasteiger partial charge < -0.3 is 14.0 Å². The van der Waals surface area contributed by atoms with Crippen LogP contribution in [0.4, 0.5) is 0 Å². The third kappa shape index (κ3) is 10.1. The maximum absolute atomic E-state index is 10.9. The van der Waals surface area contributed by atoms with Gasteiger partial charge in [0.15, 0.2) is 0 Å². The smallest absolute Gasteiger partial charge is 0.264 e. The Kier molecular flexibility index (Phi) is 12.6. The average molecular weight is 596 g/mol. The van der Waals surface area contributed by atoms with Crippen LogP contribution in [0.2, 0.25) is 0 Å². The van der Waals surface area contributed by atoms with E-state index in [0.29, 0.717) is 19.8 Å². The molecule has 0 bridgehead atoms. The van der Waals surface area contributed by atoms with E-state index in [4.69, 9.17) is 13.7 Å². The molecular formula is C33H45N3O5S. The summed E-state index contributed by atoms with van der Waals surface area (Å²) in [6.45, 7) is 4.34. The molecule has 0 spiro atoms. The molecule has 0 radical (unpaired) electrons. The van der Waals surface area contributed by atoms with Crippen molar-refractivity contribution >= 4 is 32.1 Å². The number of unbranched alkanes of at least 4 members (excludes halogenated alkanes) is 8. The summed E-state index contributed by atoms with van der Waals surface area (Å²) >= 11 is 0. The molecule has 2 aromatic carbocycles. The monoisotopic (exact) mass is 595 g/mol. The first kappa shape index (κ1) is 31.9. The van der Waals surface area contributed by atoms with Gasteiger partial charge in [0.25, 0.3) is 10.1 Å². The van der Waals surface area contributed by atoms with Crippen LogP contribution in [0.15, 0.2) is 61.1 Å². The molecule has 42 heavy (non-hydrogen) atoms. The van der Waals surface area contributed by atoms with Crippen molar-refractivity contribution in [2.45, 2.75) is 77.2 Å². The van der Waals surface area contributed by atoms with Gasteiger partial charge in [-0.3, -0.25) is 9.17 Å². The van der Waals surface area contributed by atoms with Crippen LogP contribution in [0, 0.1) is 0 Å². The highest BCUT2D eigenvalue weighted by atomic mass is 32.2. The second-order valence-corrected chi connectivity index (χ2v) is 12.5. The Morgan fingerprint density at radius 2 is 1.48 bits per heavy atom. The molecule has 4 rings (SSSR count). The summed E-state index contributed by atoms with van der Waals surface area (Å²) in [5, 5.41) is 1.10. The number of ether oxygens (including phenoxy) is 2. The topological polar surface area (TPSA) is 92.5 Å². The van der Waals surface area contributed by atoms with E-state index in [-0.39, 0.29) is 6.04 Å². The zero-order valence-electron chi connectivity index (χ0n) is 25.0. The molecular weight excluding hydrogens is 550 g/mol. The van der Waals surface area contributed by atoms with E-state index < -0.39 is 10.1 Å². The molecule has 0 aliphatic rings. The quantitative estimate of drug-likeness (QED) is 0.0784. The van der Waals surface area contributed by atoms with Crippen LogP contribution in [0.5, 0.6) is 5.75 Å². The summed E-state index contributed by atoms with van der Waals surface area (Å²) in [5.74, 6) is 0.908. The summed E-state index contributed by atoms with van der Waals surface area (Å²) in [5.41, 5.74) is 4.20. The SMILES string of the molecule is CCOCC(Cc1ccc(OCCCCCCCCCCCOS(C)(=O)=O)cc1)n1cnc2cnc3ccccc3c21. The fourth-order valence-electron chi connectivity index (χ4n) is 5.27. The fourth-order valence-corrected chi connectivity index (χ4v) is 5.69. The first-order valence-corrected chi connectivity index (χ1v) is 17.1. The number of benzene rings is 2. The molecule has 0 aliphatic heterocycles. The lowest BCUT2D eigenvalue weighted by Crippen LogP contribution is -2.18. The Balaban J connectivity index is 1.17. The van der Waals surface area contributed by atoms with Crippen molar-refractivity contribution in [3.05, 3.63) is 66.6 Å². The van der Waals surface area contributed by atoms with Crippen LogP contribution in [0.3, 0.4) is 0 Å². The van der Waals surface area contributed by atoms with Crippen LogP contribution in [0.1, 0.15) is 76.3 Å². The average Bonchev–Trinajstić information content (AvgIpc) is 3.42. The maximum atomic E-state index is 10.9. The van der Waals surface area contributed by atoms with E-state index in [9.17, 15) is 8.42 Å². The Labute approximate surface area is 250 Å². The summed E-state index contributed by atoms with van der Waals surface area (Å²) in [7, 11) is -3.30. The molecule has 4 aromatic rings. The van der Waals surface area contributed by atoms with Crippen molar-refractivity contribution in [3.8, 4) is 5.75 Å². The molecule has 0 saturated heterocycles. The minimum absolute atomic E-state index is 0.112. The Morgan fingerprint density at radius 1 is 0.810 bits per heavy atom. The molecule has 228 valence electrons. The third-order valence-electron chi connectivity index (χ3n) is 7.46. The van der Waals surface area contributed by atoms with Crippen LogP contribution in [-0.4, -0.2) is 55.6 Å². The third-order valence-corrected chi connectivity index (χ3v) is 8.06. The number of hydrogen-bond acceptors (Lipinski definition) is 7. The molecule has 0 fully saturated rings. The number of fused-ring (bicyclic) bond motifs is 3. The molecule has 0 N–H and O–H groups in total. The van der Waals surface area contributed by atoms with Gasteiger partial charge in [-0.15, -0.1) is 0 Å². The zero-order chi connectivity index (χ0) is 29.6.